The van der Waals surface area contributed by atoms with E-state index in [9.17, 15) is 13.6 Å². The molecule has 1 fully saturated rings. The average molecular weight is 306 g/mol. The average Bonchev–Trinajstić information content (AvgIpc) is 2.92. The van der Waals surface area contributed by atoms with E-state index in [1.54, 1.807) is 0 Å². The van der Waals surface area contributed by atoms with Gasteiger partial charge in [-0.3, -0.25) is 4.79 Å². The fourth-order valence-corrected chi connectivity index (χ4v) is 3.32. The Morgan fingerprint density at radius 3 is 2.68 bits per heavy atom. The van der Waals surface area contributed by atoms with Gasteiger partial charge in [-0.05, 0) is 37.8 Å². The number of carbonyl (C=O) groups excluding carboxylic acids is 1. The zero-order valence-electron chi connectivity index (χ0n) is 12.6. The summed E-state index contributed by atoms with van der Waals surface area (Å²) in [5, 5.41) is 3.21. The molecule has 1 aliphatic carbocycles. The molecule has 1 aromatic heterocycles. The molecule has 0 unspecified atom stereocenters. The third kappa shape index (κ3) is 2.98. The van der Waals surface area contributed by atoms with E-state index < -0.39 is 11.6 Å². The molecule has 3 nitrogen and oxygen atoms in total. The second-order valence-corrected chi connectivity index (χ2v) is 6.19. The van der Waals surface area contributed by atoms with E-state index in [-0.39, 0.29) is 23.0 Å². The first-order chi connectivity index (χ1) is 10.5. The van der Waals surface area contributed by atoms with Gasteiger partial charge in [0.25, 0.3) is 5.91 Å². The van der Waals surface area contributed by atoms with Crippen molar-refractivity contribution in [2.24, 2.45) is 5.92 Å². The van der Waals surface area contributed by atoms with Crippen LogP contribution in [0.3, 0.4) is 0 Å². The normalized spacial score (nSPS) is 17.6. The van der Waals surface area contributed by atoms with Gasteiger partial charge in [0, 0.05) is 17.5 Å². The highest BCUT2D eigenvalue weighted by molar-refractivity contribution is 5.98. The molecule has 2 aromatic rings. The second-order valence-electron chi connectivity index (χ2n) is 6.19. The number of halogens is 2. The summed E-state index contributed by atoms with van der Waals surface area (Å²) in [6.07, 6.45) is 5.95. The third-order valence-corrected chi connectivity index (χ3v) is 4.61. The lowest BCUT2D eigenvalue weighted by molar-refractivity contribution is 0.0915. The van der Waals surface area contributed by atoms with Gasteiger partial charge in [-0.25, -0.2) is 8.78 Å². The minimum absolute atomic E-state index is 0.0841. The summed E-state index contributed by atoms with van der Waals surface area (Å²) < 4.78 is 26.9. The summed E-state index contributed by atoms with van der Waals surface area (Å²) in [7, 11) is 0. The lowest BCUT2D eigenvalue weighted by atomic mass is 9.84. The Morgan fingerprint density at radius 2 is 1.95 bits per heavy atom. The number of carbonyl (C=O) groups is 1. The Hall–Kier alpha value is -1.91. The van der Waals surface area contributed by atoms with Gasteiger partial charge in [-0.1, -0.05) is 19.3 Å². The van der Waals surface area contributed by atoms with Gasteiger partial charge in [0.15, 0.2) is 0 Å². The summed E-state index contributed by atoms with van der Waals surface area (Å²) in [6, 6.07) is 3.54. The van der Waals surface area contributed by atoms with Crippen LogP contribution in [0.4, 0.5) is 8.78 Å². The highest BCUT2D eigenvalue weighted by atomic mass is 19.1. The van der Waals surface area contributed by atoms with Crippen LogP contribution in [-0.4, -0.2) is 16.9 Å². The third-order valence-electron chi connectivity index (χ3n) is 4.61. The van der Waals surface area contributed by atoms with Crippen LogP contribution in [0.2, 0.25) is 0 Å². The standard InChI is InChI=1S/C17H20F2N2O/c1-10(11-5-3-2-4-6-11)20-17(22)16-9-13-14(19)7-12(18)8-15(13)21-16/h7-11,21H,2-6H2,1H3,(H,20,22)/t10-/m1/s1. The van der Waals surface area contributed by atoms with E-state index in [4.69, 9.17) is 0 Å². The number of hydrogen-bond acceptors (Lipinski definition) is 1. The van der Waals surface area contributed by atoms with Crippen molar-refractivity contribution in [3.63, 3.8) is 0 Å². The van der Waals surface area contributed by atoms with Gasteiger partial charge in [-0.2, -0.15) is 0 Å². The van der Waals surface area contributed by atoms with Crippen LogP contribution in [0.15, 0.2) is 18.2 Å². The van der Waals surface area contributed by atoms with Crippen molar-refractivity contribution < 1.29 is 13.6 Å². The predicted molar refractivity (Wildman–Crippen MR) is 81.7 cm³/mol. The number of fused-ring (bicyclic) bond motifs is 1. The first-order valence-corrected chi connectivity index (χ1v) is 7.83. The predicted octanol–water partition coefficient (Wildman–Crippen LogP) is 4.14. The number of aromatic amines is 1. The van der Waals surface area contributed by atoms with Gasteiger partial charge >= 0.3 is 0 Å². The maximum Gasteiger partial charge on any atom is 0.267 e. The van der Waals surface area contributed by atoms with E-state index in [0.717, 1.165) is 18.9 Å². The molecule has 1 aromatic carbocycles. The Morgan fingerprint density at radius 1 is 1.23 bits per heavy atom. The molecular weight excluding hydrogens is 286 g/mol. The minimum Gasteiger partial charge on any atom is -0.350 e. The van der Waals surface area contributed by atoms with E-state index in [1.807, 2.05) is 6.92 Å². The molecule has 0 radical (unpaired) electrons. The number of hydrogen-bond donors (Lipinski definition) is 2. The fraction of sp³-hybridized carbons (Fsp3) is 0.471. The van der Waals surface area contributed by atoms with Crippen LogP contribution in [0, 0.1) is 17.6 Å². The Labute approximate surface area is 128 Å². The maximum absolute atomic E-state index is 13.7. The summed E-state index contributed by atoms with van der Waals surface area (Å²) in [4.78, 5) is 15.1. The first kappa shape index (κ1) is 15.0. The van der Waals surface area contributed by atoms with Crippen LogP contribution >= 0.6 is 0 Å². The summed E-state index contributed by atoms with van der Waals surface area (Å²) in [6.45, 7) is 2.01. The highest BCUT2D eigenvalue weighted by Gasteiger charge is 2.22. The molecule has 1 saturated carbocycles. The van der Waals surface area contributed by atoms with E-state index in [1.165, 1.54) is 31.4 Å². The van der Waals surface area contributed by atoms with Crippen LogP contribution in [0.25, 0.3) is 10.9 Å². The maximum atomic E-state index is 13.7. The monoisotopic (exact) mass is 306 g/mol. The molecular formula is C17H20F2N2O. The summed E-state index contributed by atoms with van der Waals surface area (Å²) >= 11 is 0. The molecule has 0 saturated heterocycles. The number of H-pyrrole nitrogens is 1. The molecule has 1 aliphatic rings. The number of rotatable bonds is 3. The fourth-order valence-electron chi connectivity index (χ4n) is 3.32. The van der Waals surface area contributed by atoms with Crippen LogP contribution < -0.4 is 5.32 Å². The topological polar surface area (TPSA) is 44.9 Å². The smallest absolute Gasteiger partial charge is 0.267 e. The Balaban J connectivity index is 1.75. The molecule has 22 heavy (non-hydrogen) atoms. The van der Waals surface area contributed by atoms with Crippen LogP contribution in [0.1, 0.15) is 49.5 Å². The summed E-state index contributed by atoms with van der Waals surface area (Å²) in [5.41, 5.74) is 0.565. The lowest BCUT2D eigenvalue weighted by Gasteiger charge is -2.28. The van der Waals surface area contributed by atoms with Gasteiger partial charge in [0.2, 0.25) is 0 Å². The molecule has 5 heteroatoms. The van der Waals surface area contributed by atoms with Crippen molar-refractivity contribution in [1.29, 1.82) is 0 Å². The number of benzene rings is 1. The number of amides is 1. The first-order valence-electron chi connectivity index (χ1n) is 7.83. The zero-order valence-corrected chi connectivity index (χ0v) is 12.6. The Kier molecular flexibility index (Phi) is 4.14. The van der Waals surface area contributed by atoms with Gasteiger partial charge in [0.05, 0.1) is 5.52 Å². The molecule has 1 heterocycles. The molecule has 0 aliphatic heterocycles. The van der Waals surface area contributed by atoms with Crippen molar-refractivity contribution in [3.8, 4) is 0 Å². The van der Waals surface area contributed by atoms with Crippen LogP contribution in [0.5, 0.6) is 0 Å². The van der Waals surface area contributed by atoms with E-state index >= 15 is 0 Å². The minimum atomic E-state index is -0.661. The van der Waals surface area contributed by atoms with Crippen molar-refractivity contribution in [3.05, 3.63) is 35.5 Å². The second kappa shape index (κ2) is 6.07. The number of nitrogens with one attached hydrogen (secondary N) is 2. The van der Waals surface area contributed by atoms with Crippen molar-refractivity contribution >= 4 is 16.8 Å². The quantitative estimate of drug-likeness (QED) is 0.879. The highest BCUT2D eigenvalue weighted by Crippen LogP contribution is 2.26. The zero-order chi connectivity index (χ0) is 15.7. The molecule has 0 spiro atoms. The summed E-state index contributed by atoms with van der Waals surface area (Å²) in [5.74, 6) is -1.09. The number of aromatic nitrogens is 1. The largest absolute Gasteiger partial charge is 0.350 e. The van der Waals surface area contributed by atoms with Gasteiger partial charge in [0.1, 0.15) is 17.3 Å². The van der Waals surface area contributed by atoms with E-state index in [2.05, 4.69) is 10.3 Å². The van der Waals surface area contributed by atoms with Crippen molar-refractivity contribution in [2.75, 3.05) is 0 Å². The molecule has 1 atom stereocenters. The molecule has 3 rings (SSSR count). The molecule has 2 N–H and O–H groups in total. The van der Waals surface area contributed by atoms with E-state index in [0.29, 0.717) is 11.4 Å². The molecule has 1 amide bonds. The van der Waals surface area contributed by atoms with Gasteiger partial charge in [-0.15, -0.1) is 0 Å². The van der Waals surface area contributed by atoms with Crippen molar-refractivity contribution in [1.82, 2.24) is 10.3 Å². The Bertz CT molecular complexity index is 689. The lowest BCUT2D eigenvalue weighted by Crippen LogP contribution is -2.39. The molecule has 118 valence electrons. The SMILES string of the molecule is C[C@@H](NC(=O)c1cc2c(F)cc(F)cc2[nH]1)C1CCCCC1. The van der Waals surface area contributed by atoms with Crippen molar-refractivity contribution in [2.45, 2.75) is 45.1 Å². The molecule has 0 bridgehead atoms. The van der Waals surface area contributed by atoms with Crippen LogP contribution in [-0.2, 0) is 0 Å². The van der Waals surface area contributed by atoms with Gasteiger partial charge < -0.3 is 10.3 Å².